The molecule has 4 nitrogen and oxygen atoms in total. The van der Waals surface area contributed by atoms with Gasteiger partial charge in [-0.2, -0.15) is 0 Å². The van der Waals surface area contributed by atoms with E-state index in [-0.39, 0.29) is 17.9 Å². The Hall–Kier alpha value is -0.900. The van der Waals surface area contributed by atoms with Crippen LogP contribution in [0.5, 0.6) is 0 Å². The smallest absolute Gasteiger partial charge is 0.244 e. The molecule has 2 aliphatic rings. The van der Waals surface area contributed by atoms with Crippen LogP contribution >= 0.6 is 0 Å². The van der Waals surface area contributed by atoms with Crippen molar-refractivity contribution < 1.29 is 9.59 Å². The molecule has 0 aromatic carbocycles. The van der Waals surface area contributed by atoms with Crippen molar-refractivity contribution in [2.45, 2.75) is 51.5 Å². The summed E-state index contributed by atoms with van der Waals surface area (Å²) in [7, 11) is 0. The van der Waals surface area contributed by atoms with Gasteiger partial charge in [-0.15, -0.1) is 0 Å². The monoisotopic (exact) mass is 224 g/mol. The highest BCUT2D eigenvalue weighted by Gasteiger charge is 2.35. The Morgan fingerprint density at radius 1 is 1.38 bits per heavy atom. The van der Waals surface area contributed by atoms with Gasteiger partial charge in [0.2, 0.25) is 11.8 Å². The van der Waals surface area contributed by atoms with Crippen LogP contribution in [0.3, 0.4) is 0 Å². The number of nitrogens with one attached hydrogen (secondary N) is 2. The lowest BCUT2D eigenvalue weighted by Gasteiger charge is -2.28. The molecule has 1 aliphatic heterocycles. The van der Waals surface area contributed by atoms with Gasteiger partial charge >= 0.3 is 0 Å². The molecule has 2 amide bonds. The maximum Gasteiger partial charge on any atom is 0.244 e. The van der Waals surface area contributed by atoms with Crippen molar-refractivity contribution >= 4 is 11.8 Å². The summed E-state index contributed by atoms with van der Waals surface area (Å²) >= 11 is 0. The zero-order valence-corrected chi connectivity index (χ0v) is 9.84. The number of hydrogen-bond acceptors (Lipinski definition) is 3. The van der Waals surface area contributed by atoms with E-state index in [0.717, 1.165) is 13.0 Å². The molecule has 2 N–H and O–H groups in total. The van der Waals surface area contributed by atoms with E-state index in [0.29, 0.717) is 11.8 Å². The predicted molar refractivity (Wildman–Crippen MR) is 60.7 cm³/mol. The molecule has 16 heavy (non-hydrogen) atoms. The van der Waals surface area contributed by atoms with E-state index in [1.165, 1.54) is 25.7 Å². The molecule has 0 radical (unpaired) electrons. The second kappa shape index (κ2) is 4.53. The van der Waals surface area contributed by atoms with E-state index in [9.17, 15) is 9.59 Å². The van der Waals surface area contributed by atoms with Crippen LogP contribution in [0.15, 0.2) is 0 Å². The number of imide groups is 1. The lowest BCUT2D eigenvalue weighted by molar-refractivity contribution is -0.125. The number of hydrogen-bond donors (Lipinski definition) is 2. The Morgan fingerprint density at radius 3 is 2.56 bits per heavy atom. The van der Waals surface area contributed by atoms with Crippen molar-refractivity contribution in [3.05, 3.63) is 0 Å². The van der Waals surface area contributed by atoms with Crippen molar-refractivity contribution in [1.29, 1.82) is 0 Å². The van der Waals surface area contributed by atoms with E-state index in [4.69, 9.17) is 0 Å². The Morgan fingerprint density at radius 2 is 2.06 bits per heavy atom. The zero-order valence-electron chi connectivity index (χ0n) is 9.84. The summed E-state index contributed by atoms with van der Waals surface area (Å²) in [6.45, 7) is 3.09. The Kier molecular flexibility index (Phi) is 3.28. The summed E-state index contributed by atoms with van der Waals surface area (Å²) in [5.74, 6) is -0.311. The number of amides is 2. The first-order chi connectivity index (χ1) is 7.65. The number of carbonyl (C=O) groups excluding carboxylic acids is 2. The average Bonchev–Trinajstić information content (AvgIpc) is 2.84. The molecule has 1 saturated heterocycles. The first kappa shape index (κ1) is 11.6. The molecule has 2 fully saturated rings. The van der Waals surface area contributed by atoms with E-state index < -0.39 is 0 Å². The Bertz CT molecular complexity index is 295. The molecule has 1 heterocycles. The van der Waals surface area contributed by atoms with E-state index in [2.05, 4.69) is 17.6 Å². The first-order valence-corrected chi connectivity index (χ1v) is 6.22. The Labute approximate surface area is 96.2 Å². The number of carbonyl (C=O) groups is 2. The molecule has 4 heteroatoms. The third-order valence-corrected chi connectivity index (χ3v) is 4.11. The lowest BCUT2D eigenvalue weighted by atomic mass is 9.83. The van der Waals surface area contributed by atoms with Crippen molar-refractivity contribution in [2.75, 3.05) is 6.54 Å². The second-order valence-electron chi connectivity index (χ2n) is 5.11. The normalized spacial score (nSPS) is 28.4. The minimum absolute atomic E-state index is 0.153. The van der Waals surface area contributed by atoms with Gasteiger partial charge in [0.25, 0.3) is 0 Å². The molecule has 0 aromatic heterocycles. The van der Waals surface area contributed by atoms with Crippen molar-refractivity contribution in [1.82, 2.24) is 10.6 Å². The summed E-state index contributed by atoms with van der Waals surface area (Å²) in [6.07, 6.45) is 6.55. The molecule has 0 bridgehead atoms. The largest absolute Gasteiger partial charge is 0.305 e. The fraction of sp³-hybridized carbons (Fsp3) is 0.833. The summed E-state index contributed by atoms with van der Waals surface area (Å²) in [5, 5.41) is 5.60. The fourth-order valence-electron chi connectivity index (χ4n) is 2.84. The highest BCUT2D eigenvalue weighted by Crippen LogP contribution is 2.40. The zero-order chi connectivity index (χ0) is 11.6. The highest BCUT2D eigenvalue weighted by atomic mass is 16.2. The first-order valence-electron chi connectivity index (χ1n) is 6.22. The minimum Gasteiger partial charge on any atom is -0.305 e. The predicted octanol–water partition coefficient (Wildman–Crippen LogP) is 0.961. The van der Waals surface area contributed by atoms with Crippen LogP contribution in [0, 0.1) is 5.41 Å². The third kappa shape index (κ3) is 2.26. The summed E-state index contributed by atoms with van der Waals surface area (Å²) in [6, 6.07) is -0.295. The van der Waals surface area contributed by atoms with Gasteiger partial charge in [0.05, 0.1) is 12.5 Å². The molecular weight excluding hydrogens is 204 g/mol. The van der Waals surface area contributed by atoms with E-state index in [1.807, 2.05) is 0 Å². The van der Waals surface area contributed by atoms with Gasteiger partial charge in [-0.1, -0.05) is 19.8 Å². The summed E-state index contributed by atoms with van der Waals surface area (Å²) < 4.78 is 0. The maximum absolute atomic E-state index is 11.4. The van der Waals surface area contributed by atoms with Crippen LogP contribution in [0.1, 0.15) is 45.4 Å². The molecule has 1 unspecified atom stereocenters. The van der Waals surface area contributed by atoms with Crippen LogP contribution in [0.2, 0.25) is 0 Å². The van der Waals surface area contributed by atoms with E-state index in [1.54, 1.807) is 0 Å². The second-order valence-corrected chi connectivity index (χ2v) is 5.11. The summed E-state index contributed by atoms with van der Waals surface area (Å²) in [4.78, 5) is 22.4. The molecule has 0 spiro atoms. The van der Waals surface area contributed by atoms with E-state index >= 15 is 0 Å². The minimum atomic E-state index is -0.295. The Balaban J connectivity index is 1.86. The van der Waals surface area contributed by atoms with Gasteiger partial charge in [0.15, 0.2) is 0 Å². The molecule has 1 aliphatic carbocycles. The van der Waals surface area contributed by atoms with Crippen LogP contribution in [0.4, 0.5) is 0 Å². The van der Waals surface area contributed by atoms with Gasteiger partial charge < -0.3 is 5.32 Å². The van der Waals surface area contributed by atoms with Gasteiger partial charge in [0, 0.05) is 6.54 Å². The molecular formula is C12H20N2O2. The van der Waals surface area contributed by atoms with Gasteiger partial charge in [-0.25, -0.2) is 0 Å². The number of rotatable bonds is 4. The van der Waals surface area contributed by atoms with Gasteiger partial charge in [-0.3, -0.25) is 14.9 Å². The topological polar surface area (TPSA) is 58.2 Å². The van der Waals surface area contributed by atoms with Crippen LogP contribution in [-0.4, -0.2) is 24.4 Å². The fourth-order valence-corrected chi connectivity index (χ4v) is 2.84. The van der Waals surface area contributed by atoms with Gasteiger partial charge in [0.1, 0.15) is 0 Å². The molecule has 0 aromatic rings. The summed E-state index contributed by atoms with van der Waals surface area (Å²) in [5.41, 5.74) is 0.367. The third-order valence-electron chi connectivity index (χ3n) is 4.11. The SMILES string of the molecule is CCC1(CNC2CC(=O)NC2=O)CCCC1. The standard InChI is InChI=1S/C12H20N2O2/c1-2-12(5-3-4-6-12)8-13-9-7-10(15)14-11(9)16/h9,13H,2-8H2,1H3,(H,14,15,16). The molecule has 2 rings (SSSR count). The molecule has 1 atom stereocenters. The highest BCUT2D eigenvalue weighted by molar-refractivity contribution is 6.05. The average molecular weight is 224 g/mol. The quantitative estimate of drug-likeness (QED) is 0.699. The van der Waals surface area contributed by atoms with Crippen molar-refractivity contribution in [3.8, 4) is 0 Å². The van der Waals surface area contributed by atoms with Crippen molar-refractivity contribution in [2.24, 2.45) is 5.41 Å². The van der Waals surface area contributed by atoms with Crippen molar-refractivity contribution in [3.63, 3.8) is 0 Å². The molecule has 90 valence electrons. The molecule has 1 saturated carbocycles. The maximum atomic E-state index is 11.4. The van der Waals surface area contributed by atoms with Gasteiger partial charge in [-0.05, 0) is 24.7 Å². The lowest BCUT2D eigenvalue weighted by Crippen LogP contribution is -2.42. The van der Waals surface area contributed by atoms with Crippen LogP contribution in [-0.2, 0) is 9.59 Å². The van der Waals surface area contributed by atoms with Crippen LogP contribution in [0.25, 0.3) is 0 Å². The van der Waals surface area contributed by atoms with Crippen LogP contribution < -0.4 is 10.6 Å².